The predicted molar refractivity (Wildman–Crippen MR) is 85.4 cm³/mol. The smallest absolute Gasteiger partial charge is 0.246 e. The van der Waals surface area contributed by atoms with Crippen molar-refractivity contribution >= 4 is 40.0 Å². The Bertz CT molecular complexity index is 538. The molecule has 21 heavy (non-hydrogen) atoms. The number of carbonyl (C=O) groups excluding carboxylic acids is 2. The molecular formula is C13H20N4O2S2. The van der Waals surface area contributed by atoms with Crippen molar-refractivity contribution in [2.24, 2.45) is 11.5 Å². The third-order valence-electron chi connectivity index (χ3n) is 3.52. The molecule has 0 saturated heterocycles. The van der Waals surface area contributed by atoms with E-state index in [-0.39, 0.29) is 17.6 Å². The molecule has 0 aromatic carbocycles. The maximum Gasteiger partial charge on any atom is 0.246 e. The summed E-state index contributed by atoms with van der Waals surface area (Å²) in [5.41, 5.74) is 11.3. The van der Waals surface area contributed by atoms with E-state index in [1.807, 2.05) is 6.92 Å². The average molecular weight is 328 g/mol. The van der Waals surface area contributed by atoms with Crippen LogP contribution in [0.5, 0.6) is 0 Å². The number of nitrogens with two attached hydrogens (primary N) is 2. The fraction of sp³-hybridized carbons (Fsp3) is 0.615. The number of anilines is 1. The number of hydrogen-bond donors (Lipinski definition) is 3. The van der Waals surface area contributed by atoms with Crippen molar-refractivity contribution in [1.82, 2.24) is 4.98 Å². The minimum atomic E-state index is -0.779. The number of nitrogens with one attached hydrogen (secondary N) is 1. The van der Waals surface area contributed by atoms with E-state index in [0.717, 1.165) is 29.2 Å². The second kappa shape index (κ2) is 6.76. The van der Waals surface area contributed by atoms with Gasteiger partial charge in [0, 0.05) is 0 Å². The first-order chi connectivity index (χ1) is 9.90. The zero-order chi connectivity index (χ0) is 15.5. The van der Waals surface area contributed by atoms with Crippen LogP contribution in [0.1, 0.15) is 37.8 Å². The predicted octanol–water partition coefficient (Wildman–Crippen LogP) is 1.63. The molecule has 0 bridgehead atoms. The van der Waals surface area contributed by atoms with Crippen LogP contribution in [0.3, 0.4) is 0 Å². The van der Waals surface area contributed by atoms with E-state index in [4.69, 9.17) is 11.5 Å². The molecule has 0 radical (unpaired) electrons. The minimum absolute atomic E-state index is 0.164. The highest BCUT2D eigenvalue weighted by molar-refractivity contribution is 8.01. The molecule has 1 aromatic heterocycles. The molecule has 1 fully saturated rings. The van der Waals surface area contributed by atoms with Crippen LogP contribution in [0, 0.1) is 6.92 Å². The van der Waals surface area contributed by atoms with Crippen LogP contribution in [0.2, 0.25) is 0 Å². The van der Waals surface area contributed by atoms with Crippen molar-refractivity contribution in [2.75, 3.05) is 11.1 Å². The van der Waals surface area contributed by atoms with E-state index in [0.29, 0.717) is 18.0 Å². The van der Waals surface area contributed by atoms with E-state index in [2.05, 4.69) is 10.3 Å². The van der Waals surface area contributed by atoms with E-state index >= 15 is 0 Å². The highest BCUT2D eigenvalue weighted by atomic mass is 32.2. The van der Waals surface area contributed by atoms with E-state index in [1.54, 1.807) is 0 Å². The molecule has 1 aliphatic carbocycles. The number of aromatic nitrogens is 1. The van der Waals surface area contributed by atoms with Crippen molar-refractivity contribution in [3.8, 4) is 0 Å². The van der Waals surface area contributed by atoms with Crippen molar-refractivity contribution in [3.05, 3.63) is 5.69 Å². The quantitative estimate of drug-likeness (QED) is 0.711. The van der Waals surface area contributed by atoms with Crippen molar-refractivity contribution in [1.29, 1.82) is 0 Å². The van der Waals surface area contributed by atoms with Gasteiger partial charge in [-0.05, 0) is 19.8 Å². The molecule has 1 saturated carbocycles. The maximum absolute atomic E-state index is 12.3. The van der Waals surface area contributed by atoms with Gasteiger partial charge in [0.2, 0.25) is 11.8 Å². The summed E-state index contributed by atoms with van der Waals surface area (Å²) in [5.74, 6) is -0.332. The Balaban J connectivity index is 2.00. The van der Waals surface area contributed by atoms with Gasteiger partial charge in [-0.3, -0.25) is 9.59 Å². The molecule has 1 aromatic rings. The van der Waals surface area contributed by atoms with Crippen LogP contribution in [-0.4, -0.2) is 28.1 Å². The largest absolute Gasteiger partial charge is 0.369 e. The normalized spacial score (nSPS) is 17.4. The fourth-order valence-corrected chi connectivity index (χ4v) is 4.21. The van der Waals surface area contributed by atoms with Gasteiger partial charge in [-0.2, -0.15) is 0 Å². The lowest BCUT2D eigenvalue weighted by Crippen LogP contribution is -2.52. The zero-order valence-corrected chi connectivity index (χ0v) is 13.6. The third kappa shape index (κ3) is 4.18. The molecule has 5 N–H and O–H groups in total. The summed E-state index contributed by atoms with van der Waals surface area (Å²) < 4.78 is 0.888. The molecule has 1 heterocycles. The number of amides is 2. The molecular weight excluding hydrogens is 308 g/mol. The number of primary amides is 1. The molecule has 8 heteroatoms. The Hall–Kier alpha value is -1.12. The highest BCUT2D eigenvalue weighted by Crippen LogP contribution is 2.33. The highest BCUT2D eigenvalue weighted by Gasteiger charge is 2.35. The Morgan fingerprint density at radius 3 is 2.67 bits per heavy atom. The third-order valence-corrected chi connectivity index (χ3v) is 5.98. The minimum Gasteiger partial charge on any atom is -0.369 e. The van der Waals surface area contributed by atoms with Crippen LogP contribution < -0.4 is 16.8 Å². The number of nitrogens with zero attached hydrogens (tertiary/aromatic N) is 1. The summed E-state index contributed by atoms with van der Waals surface area (Å²) in [4.78, 5) is 27.5. The number of thioether (sulfide) groups is 1. The number of carbonyl (C=O) groups is 2. The zero-order valence-electron chi connectivity index (χ0n) is 12.0. The summed E-state index contributed by atoms with van der Waals surface area (Å²) in [7, 11) is 0. The van der Waals surface area contributed by atoms with Crippen molar-refractivity contribution in [3.63, 3.8) is 0 Å². The molecule has 0 atom stereocenters. The van der Waals surface area contributed by atoms with Gasteiger partial charge < -0.3 is 16.8 Å². The summed E-state index contributed by atoms with van der Waals surface area (Å²) in [6.07, 6.45) is 4.54. The van der Waals surface area contributed by atoms with Crippen LogP contribution in [-0.2, 0) is 9.59 Å². The number of hydrogen-bond acceptors (Lipinski definition) is 6. The monoisotopic (exact) mass is 328 g/mol. The standard InChI is InChI=1S/C13H20N4O2S2/c1-8-10(20-7-9(14)18)21-12(16-8)17-11(19)13(15)5-3-2-4-6-13/h2-7,15H2,1H3,(H2,14,18)(H,16,17,19). The van der Waals surface area contributed by atoms with E-state index in [1.165, 1.54) is 23.1 Å². The van der Waals surface area contributed by atoms with Gasteiger partial charge in [-0.25, -0.2) is 4.98 Å². The summed E-state index contributed by atoms with van der Waals surface area (Å²) in [5, 5.41) is 3.34. The lowest BCUT2D eigenvalue weighted by molar-refractivity contribution is -0.122. The first-order valence-electron chi connectivity index (χ1n) is 6.89. The Labute approximate surface area is 132 Å². The Morgan fingerprint density at radius 1 is 1.38 bits per heavy atom. The first kappa shape index (κ1) is 16.3. The van der Waals surface area contributed by atoms with Gasteiger partial charge in [-0.1, -0.05) is 30.6 Å². The first-order valence-corrected chi connectivity index (χ1v) is 8.70. The fourth-order valence-electron chi connectivity index (χ4n) is 2.34. The van der Waals surface area contributed by atoms with Crippen LogP contribution in [0.25, 0.3) is 0 Å². The average Bonchev–Trinajstić information content (AvgIpc) is 2.77. The van der Waals surface area contributed by atoms with Gasteiger partial charge in [0.05, 0.1) is 21.2 Å². The molecule has 2 amide bonds. The van der Waals surface area contributed by atoms with Gasteiger partial charge in [-0.15, -0.1) is 11.8 Å². The topological polar surface area (TPSA) is 111 Å². The summed E-state index contributed by atoms with van der Waals surface area (Å²) in [6, 6.07) is 0. The molecule has 1 aliphatic rings. The second-order valence-electron chi connectivity index (χ2n) is 5.32. The number of thiazole rings is 1. The number of rotatable bonds is 5. The van der Waals surface area contributed by atoms with Gasteiger partial charge in [0.25, 0.3) is 0 Å². The van der Waals surface area contributed by atoms with E-state index in [9.17, 15) is 9.59 Å². The summed E-state index contributed by atoms with van der Waals surface area (Å²) >= 11 is 2.69. The van der Waals surface area contributed by atoms with Crippen molar-refractivity contribution in [2.45, 2.75) is 48.8 Å². The van der Waals surface area contributed by atoms with Crippen LogP contribution >= 0.6 is 23.1 Å². The van der Waals surface area contributed by atoms with Gasteiger partial charge in [0.15, 0.2) is 5.13 Å². The molecule has 0 unspecified atom stereocenters. The Morgan fingerprint density at radius 2 is 2.05 bits per heavy atom. The van der Waals surface area contributed by atoms with Crippen LogP contribution in [0.15, 0.2) is 4.21 Å². The Kier molecular flexibility index (Phi) is 5.23. The lowest BCUT2D eigenvalue weighted by atomic mass is 9.82. The molecule has 6 nitrogen and oxygen atoms in total. The van der Waals surface area contributed by atoms with Crippen LogP contribution in [0.4, 0.5) is 5.13 Å². The molecule has 0 aliphatic heterocycles. The molecule has 0 spiro atoms. The lowest BCUT2D eigenvalue weighted by Gasteiger charge is -2.31. The summed E-state index contributed by atoms with van der Waals surface area (Å²) in [6.45, 7) is 1.84. The maximum atomic E-state index is 12.3. The van der Waals surface area contributed by atoms with Crippen molar-refractivity contribution < 1.29 is 9.59 Å². The second-order valence-corrected chi connectivity index (χ2v) is 7.56. The molecule has 2 rings (SSSR count). The SMILES string of the molecule is Cc1nc(NC(=O)C2(N)CCCCC2)sc1SCC(N)=O. The molecule has 116 valence electrons. The number of aryl methyl sites for hydroxylation is 1. The van der Waals surface area contributed by atoms with Gasteiger partial charge in [0.1, 0.15) is 0 Å². The van der Waals surface area contributed by atoms with Gasteiger partial charge >= 0.3 is 0 Å². The van der Waals surface area contributed by atoms with E-state index < -0.39 is 5.54 Å².